The Morgan fingerprint density at radius 1 is 0.879 bits per heavy atom. The van der Waals surface area contributed by atoms with Gasteiger partial charge in [0.2, 0.25) is 5.91 Å². The summed E-state index contributed by atoms with van der Waals surface area (Å²) in [6.07, 6.45) is 6.53. The molecule has 176 valence electrons. The van der Waals surface area contributed by atoms with E-state index in [-0.39, 0.29) is 22.9 Å². The molecule has 2 saturated heterocycles. The quantitative estimate of drug-likeness (QED) is 0.729. The van der Waals surface area contributed by atoms with E-state index in [1.165, 1.54) is 5.56 Å². The van der Waals surface area contributed by atoms with Crippen LogP contribution in [0.4, 0.5) is 0 Å². The molecule has 0 aliphatic carbocycles. The van der Waals surface area contributed by atoms with Crippen molar-refractivity contribution in [3.8, 4) is 0 Å². The molecule has 0 atom stereocenters. The lowest BCUT2D eigenvalue weighted by molar-refractivity contribution is -0.133. The summed E-state index contributed by atoms with van der Waals surface area (Å²) in [7, 11) is 0. The van der Waals surface area contributed by atoms with Crippen LogP contribution in [0.25, 0.3) is 0 Å². The largest absolute Gasteiger partial charge is 0.343 e. The Hall–Kier alpha value is -2.89. The van der Waals surface area contributed by atoms with Gasteiger partial charge in [-0.05, 0) is 75.0 Å². The number of aryl methyl sites for hydroxylation is 1. The third-order valence-electron chi connectivity index (χ3n) is 7.29. The minimum absolute atomic E-state index is 0.191. The molecule has 2 fully saturated rings. The van der Waals surface area contributed by atoms with Crippen LogP contribution in [0.3, 0.4) is 0 Å². The van der Waals surface area contributed by atoms with Gasteiger partial charge in [0.25, 0.3) is 11.5 Å². The lowest BCUT2D eigenvalue weighted by Gasteiger charge is -2.34. The molecule has 3 heterocycles. The summed E-state index contributed by atoms with van der Waals surface area (Å²) in [6, 6.07) is 14.0. The molecule has 1 aromatic heterocycles. The molecule has 2 aliphatic rings. The number of amides is 2. The fraction of sp³-hybridized carbons (Fsp3) is 0.519. The average molecular weight is 450 g/mol. The van der Waals surface area contributed by atoms with Gasteiger partial charge in [-0.3, -0.25) is 14.4 Å². The number of pyridine rings is 1. The van der Waals surface area contributed by atoms with E-state index in [0.717, 1.165) is 57.3 Å². The predicted molar refractivity (Wildman–Crippen MR) is 129 cm³/mol. The van der Waals surface area contributed by atoms with Gasteiger partial charge in [0.1, 0.15) is 5.56 Å². The van der Waals surface area contributed by atoms with Crippen molar-refractivity contribution >= 4 is 11.8 Å². The Labute approximate surface area is 196 Å². The zero-order valence-corrected chi connectivity index (χ0v) is 19.6. The van der Waals surface area contributed by atoms with Crippen molar-refractivity contribution < 1.29 is 9.59 Å². The number of piperidine rings is 2. The number of benzene rings is 1. The number of hydrogen-bond acceptors (Lipinski definition) is 3. The summed E-state index contributed by atoms with van der Waals surface area (Å²) in [5, 5.41) is 0. The second-order valence-corrected chi connectivity index (χ2v) is 9.67. The third-order valence-corrected chi connectivity index (χ3v) is 7.29. The lowest BCUT2D eigenvalue weighted by Crippen LogP contribution is -2.41. The van der Waals surface area contributed by atoms with Gasteiger partial charge in [-0.2, -0.15) is 0 Å². The molecule has 0 bridgehead atoms. The van der Waals surface area contributed by atoms with E-state index < -0.39 is 0 Å². The zero-order valence-electron chi connectivity index (χ0n) is 19.6. The highest BCUT2D eigenvalue weighted by atomic mass is 16.2. The van der Waals surface area contributed by atoms with Crippen LogP contribution in [-0.2, 0) is 11.2 Å². The predicted octanol–water partition coefficient (Wildman–Crippen LogP) is 3.80. The average Bonchev–Trinajstić information content (AvgIpc) is 2.83. The minimum Gasteiger partial charge on any atom is -0.343 e. The van der Waals surface area contributed by atoms with Gasteiger partial charge >= 0.3 is 0 Å². The topological polar surface area (TPSA) is 73.5 Å². The number of H-pyrrole nitrogens is 1. The molecular formula is C27H35N3O3. The Bertz CT molecular complexity index is 1000. The molecule has 0 spiro atoms. The van der Waals surface area contributed by atoms with Crippen molar-refractivity contribution in [1.82, 2.24) is 14.8 Å². The molecule has 2 aromatic rings. The number of carbonyl (C=O) groups excluding carboxylic acids is 2. The highest BCUT2D eigenvalue weighted by molar-refractivity contribution is 5.93. The molecule has 0 saturated carbocycles. The van der Waals surface area contributed by atoms with Crippen LogP contribution in [0, 0.1) is 18.8 Å². The van der Waals surface area contributed by atoms with Crippen LogP contribution in [0.5, 0.6) is 0 Å². The van der Waals surface area contributed by atoms with E-state index in [1.807, 2.05) is 4.90 Å². The van der Waals surface area contributed by atoms with Gasteiger partial charge < -0.3 is 14.8 Å². The number of aromatic nitrogens is 1. The SMILES string of the molecule is Cc1ccc(C(=O)N2CCC(CCC(=O)N3CCC(Cc4ccccc4)CC3)CC2)c(=O)[nH]1. The minimum atomic E-state index is -0.319. The summed E-state index contributed by atoms with van der Waals surface area (Å²) >= 11 is 0. The van der Waals surface area contributed by atoms with Crippen molar-refractivity contribution in [3.05, 3.63) is 69.6 Å². The van der Waals surface area contributed by atoms with Crippen LogP contribution in [0.2, 0.25) is 0 Å². The first-order valence-electron chi connectivity index (χ1n) is 12.3. The van der Waals surface area contributed by atoms with Crippen molar-refractivity contribution in [1.29, 1.82) is 0 Å². The summed E-state index contributed by atoms with van der Waals surface area (Å²) in [5.41, 5.74) is 2.03. The van der Waals surface area contributed by atoms with Crippen molar-refractivity contribution in [2.75, 3.05) is 26.2 Å². The second kappa shape index (κ2) is 10.8. The number of rotatable bonds is 6. The van der Waals surface area contributed by atoms with E-state index in [2.05, 4.69) is 35.3 Å². The summed E-state index contributed by atoms with van der Waals surface area (Å²) < 4.78 is 0. The Morgan fingerprint density at radius 3 is 2.18 bits per heavy atom. The van der Waals surface area contributed by atoms with Crippen molar-refractivity contribution in [2.45, 2.75) is 51.9 Å². The molecule has 2 aliphatic heterocycles. The molecule has 0 radical (unpaired) electrons. The van der Waals surface area contributed by atoms with Gasteiger partial charge in [-0.1, -0.05) is 30.3 Å². The molecule has 6 heteroatoms. The fourth-order valence-electron chi connectivity index (χ4n) is 5.16. The monoisotopic (exact) mass is 449 g/mol. The Morgan fingerprint density at radius 2 is 1.52 bits per heavy atom. The molecule has 1 aromatic carbocycles. The normalized spacial score (nSPS) is 17.8. The molecule has 33 heavy (non-hydrogen) atoms. The van der Waals surface area contributed by atoms with E-state index >= 15 is 0 Å². The smallest absolute Gasteiger partial charge is 0.260 e. The van der Waals surface area contributed by atoms with Crippen LogP contribution < -0.4 is 5.56 Å². The van der Waals surface area contributed by atoms with Crippen molar-refractivity contribution in [3.63, 3.8) is 0 Å². The number of carbonyl (C=O) groups is 2. The number of aromatic amines is 1. The van der Waals surface area contributed by atoms with Crippen LogP contribution >= 0.6 is 0 Å². The maximum absolute atomic E-state index is 12.8. The van der Waals surface area contributed by atoms with E-state index in [1.54, 1.807) is 24.0 Å². The fourth-order valence-corrected chi connectivity index (χ4v) is 5.16. The first-order chi connectivity index (χ1) is 16.0. The maximum atomic E-state index is 12.8. The third kappa shape index (κ3) is 6.12. The summed E-state index contributed by atoms with van der Waals surface area (Å²) in [6.45, 7) is 4.84. The Balaban J connectivity index is 1.17. The molecule has 1 N–H and O–H groups in total. The maximum Gasteiger partial charge on any atom is 0.260 e. The lowest BCUT2D eigenvalue weighted by atomic mass is 9.89. The summed E-state index contributed by atoms with van der Waals surface area (Å²) in [5.74, 6) is 1.21. The van der Waals surface area contributed by atoms with E-state index in [9.17, 15) is 14.4 Å². The number of nitrogens with one attached hydrogen (secondary N) is 1. The summed E-state index contributed by atoms with van der Waals surface area (Å²) in [4.78, 5) is 44.1. The number of hydrogen-bond donors (Lipinski definition) is 1. The zero-order chi connectivity index (χ0) is 23.2. The van der Waals surface area contributed by atoms with E-state index in [0.29, 0.717) is 31.3 Å². The van der Waals surface area contributed by atoms with Crippen molar-refractivity contribution in [2.24, 2.45) is 11.8 Å². The molecule has 0 unspecified atom stereocenters. The second-order valence-electron chi connectivity index (χ2n) is 9.67. The van der Waals surface area contributed by atoms with Crippen LogP contribution in [0.1, 0.15) is 60.1 Å². The van der Waals surface area contributed by atoms with Gasteiger partial charge in [-0.25, -0.2) is 0 Å². The molecular weight excluding hydrogens is 414 g/mol. The van der Waals surface area contributed by atoms with Gasteiger partial charge in [-0.15, -0.1) is 0 Å². The highest BCUT2D eigenvalue weighted by Crippen LogP contribution is 2.25. The van der Waals surface area contributed by atoms with Crippen LogP contribution in [0.15, 0.2) is 47.3 Å². The highest BCUT2D eigenvalue weighted by Gasteiger charge is 2.27. The first kappa shape index (κ1) is 23.3. The van der Waals surface area contributed by atoms with Gasteiger partial charge in [0.15, 0.2) is 0 Å². The number of likely N-dealkylation sites (tertiary alicyclic amines) is 2. The number of nitrogens with zero attached hydrogens (tertiary/aromatic N) is 2. The molecule has 2 amide bonds. The van der Waals surface area contributed by atoms with E-state index in [4.69, 9.17) is 0 Å². The first-order valence-corrected chi connectivity index (χ1v) is 12.3. The standard InChI is InChI=1S/C27H35N3O3/c1-20-7-9-24(26(32)28-20)27(33)30-17-11-21(12-18-30)8-10-25(31)29-15-13-23(14-16-29)19-22-5-3-2-4-6-22/h2-7,9,21,23H,8,10-19H2,1H3,(H,28,32). The van der Waals surface area contributed by atoms with Gasteiger partial charge in [0, 0.05) is 38.3 Å². The molecule has 6 nitrogen and oxygen atoms in total. The Kier molecular flexibility index (Phi) is 7.63. The van der Waals surface area contributed by atoms with Gasteiger partial charge in [0.05, 0.1) is 0 Å². The van der Waals surface area contributed by atoms with Crippen LogP contribution in [-0.4, -0.2) is 52.8 Å². The molecule has 4 rings (SSSR count).